The van der Waals surface area contributed by atoms with Gasteiger partial charge < -0.3 is 0 Å². The molecule has 0 atom stereocenters. The Balaban J connectivity index is 3.08. The first-order valence-electron chi connectivity index (χ1n) is 3.57. The number of nitrogens with zero attached hydrogens (tertiary/aromatic N) is 1. The minimum absolute atomic E-state index is 0.00389. The van der Waals surface area contributed by atoms with Crippen LogP contribution in [0, 0.1) is 0 Å². The molecule has 6 heteroatoms. The first-order valence-corrected chi connectivity index (χ1v) is 4.69. The molecule has 76 valence electrons. The number of ketones is 1. The number of rotatable bonds is 2. The summed E-state index contributed by atoms with van der Waals surface area (Å²) >= 11 is 2.88. The quantitative estimate of drug-likeness (QED) is 0.609. The minimum Gasteiger partial charge on any atom is -0.293 e. The predicted molar refractivity (Wildman–Crippen MR) is 47.4 cm³/mol. The van der Waals surface area contributed by atoms with Crippen LogP contribution in [0.3, 0.4) is 0 Å². The van der Waals surface area contributed by atoms with E-state index in [4.69, 9.17) is 0 Å². The zero-order valence-corrected chi connectivity index (χ0v) is 8.39. The van der Waals surface area contributed by atoms with Crippen molar-refractivity contribution in [3.63, 3.8) is 0 Å². The van der Waals surface area contributed by atoms with Crippen molar-refractivity contribution < 1.29 is 18.0 Å². The Morgan fingerprint density at radius 2 is 2.14 bits per heavy atom. The molecule has 0 unspecified atom stereocenters. The highest BCUT2D eigenvalue weighted by Gasteiger charge is 2.32. The lowest BCUT2D eigenvalue weighted by atomic mass is 10.1. The monoisotopic (exact) mass is 267 g/mol. The highest BCUT2D eigenvalue weighted by Crippen LogP contribution is 2.27. The van der Waals surface area contributed by atoms with Gasteiger partial charge in [0.25, 0.3) is 0 Å². The molecular formula is C8H5BrF3NO. The fraction of sp³-hybridized carbons (Fsp3) is 0.250. The Kier molecular flexibility index (Phi) is 3.25. The molecule has 14 heavy (non-hydrogen) atoms. The molecule has 2 nitrogen and oxygen atoms in total. The summed E-state index contributed by atoms with van der Waals surface area (Å²) in [6.45, 7) is 0. The molecule has 1 rings (SSSR count). The average molecular weight is 268 g/mol. The van der Waals surface area contributed by atoms with Crippen LogP contribution in [-0.2, 0) is 6.18 Å². The molecule has 0 aliphatic heterocycles. The minimum atomic E-state index is -4.51. The van der Waals surface area contributed by atoms with Crippen LogP contribution in [0.15, 0.2) is 18.3 Å². The maximum atomic E-state index is 12.1. The maximum Gasteiger partial charge on any atom is 0.433 e. The van der Waals surface area contributed by atoms with E-state index < -0.39 is 17.7 Å². The van der Waals surface area contributed by atoms with Crippen molar-refractivity contribution in [2.45, 2.75) is 6.18 Å². The molecule has 0 aliphatic carbocycles. The SMILES string of the molecule is O=C(CBr)c1ccnc(C(F)(F)F)c1. The van der Waals surface area contributed by atoms with Gasteiger partial charge in [-0.3, -0.25) is 9.78 Å². The van der Waals surface area contributed by atoms with Gasteiger partial charge in [-0.25, -0.2) is 0 Å². The van der Waals surface area contributed by atoms with Crippen molar-refractivity contribution >= 4 is 21.7 Å². The number of pyridine rings is 1. The standard InChI is InChI=1S/C8H5BrF3NO/c9-4-6(14)5-1-2-13-7(3-5)8(10,11)12/h1-3H,4H2. The van der Waals surface area contributed by atoms with Gasteiger partial charge in [-0.1, -0.05) is 15.9 Å². The Hall–Kier alpha value is -0.910. The average Bonchev–Trinajstić information content (AvgIpc) is 2.15. The molecule has 1 aromatic rings. The Morgan fingerprint density at radius 3 is 2.64 bits per heavy atom. The normalized spacial score (nSPS) is 11.4. The van der Waals surface area contributed by atoms with E-state index in [-0.39, 0.29) is 10.9 Å². The lowest BCUT2D eigenvalue weighted by molar-refractivity contribution is -0.141. The van der Waals surface area contributed by atoms with Crippen LogP contribution in [0.1, 0.15) is 16.1 Å². The first kappa shape index (κ1) is 11.2. The summed E-state index contributed by atoms with van der Waals surface area (Å²) in [7, 11) is 0. The summed E-state index contributed by atoms with van der Waals surface area (Å²) in [5, 5.41) is -0.00564. The molecule has 0 N–H and O–H groups in total. The number of hydrogen-bond acceptors (Lipinski definition) is 2. The fourth-order valence-electron chi connectivity index (χ4n) is 0.836. The van der Waals surface area contributed by atoms with Gasteiger partial charge in [-0.15, -0.1) is 0 Å². The van der Waals surface area contributed by atoms with Crippen LogP contribution in [0.5, 0.6) is 0 Å². The maximum absolute atomic E-state index is 12.1. The molecule has 0 amide bonds. The number of alkyl halides is 4. The first-order chi connectivity index (χ1) is 6.45. The van der Waals surface area contributed by atoms with Crippen LogP contribution < -0.4 is 0 Å². The molecule has 0 spiro atoms. The summed E-state index contributed by atoms with van der Waals surface area (Å²) in [5.41, 5.74) is -1.05. The van der Waals surface area contributed by atoms with Crippen molar-refractivity contribution in [2.75, 3.05) is 5.33 Å². The molecular weight excluding hydrogens is 263 g/mol. The Labute approximate surface area is 86.3 Å². The summed E-state index contributed by atoms with van der Waals surface area (Å²) in [5.74, 6) is -0.405. The second kappa shape index (κ2) is 4.08. The van der Waals surface area contributed by atoms with E-state index >= 15 is 0 Å². The van der Waals surface area contributed by atoms with Crippen LogP contribution >= 0.6 is 15.9 Å². The van der Waals surface area contributed by atoms with Crippen LogP contribution in [0.4, 0.5) is 13.2 Å². The summed E-state index contributed by atoms with van der Waals surface area (Å²) in [4.78, 5) is 14.2. The fourth-order valence-corrected chi connectivity index (χ4v) is 1.16. The molecule has 1 aromatic heterocycles. The van der Waals surface area contributed by atoms with Crippen LogP contribution in [0.2, 0.25) is 0 Å². The highest BCUT2D eigenvalue weighted by molar-refractivity contribution is 9.09. The van der Waals surface area contributed by atoms with Gasteiger partial charge in [0.05, 0.1) is 5.33 Å². The molecule has 0 aromatic carbocycles. The Bertz CT molecular complexity index is 351. The third kappa shape index (κ3) is 2.54. The summed E-state index contributed by atoms with van der Waals surface area (Å²) < 4.78 is 36.4. The Morgan fingerprint density at radius 1 is 1.50 bits per heavy atom. The lowest BCUT2D eigenvalue weighted by Crippen LogP contribution is -2.10. The topological polar surface area (TPSA) is 30.0 Å². The molecule has 0 saturated carbocycles. The molecule has 0 saturated heterocycles. The number of aromatic nitrogens is 1. The van der Waals surface area contributed by atoms with Crippen molar-refractivity contribution in [3.05, 3.63) is 29.6 Å². The summed E-state index contributed by atoms with van der Waals surface area (Å²) in [6.07, 6.45) is -3.54. The second-order valence-corrected chi connectivity index (χ2v) is 3.05. The van der Waals surface area contributed by atoms with E-state index in [1.54, 1.807) is 0 Å². The largest absolute Gasteiger partial charge is 0.433 e. The van der Waals surface area contributed by atoms with Crippen molar-refractivity contribution in [1.82, 2.24) is 4.98 Å². The zero-order chi connectivity index (χ0) is 10.8. The molecule has 0 bridgehead atoms. The van der Waals surface area contributed by atoms with E-state index in [1.807, 2.05) is 0 Å². The van der Waals surface area contributed by atoms with Crippen molar-refractivity contribution in [1.29, 1.82) is 0 Å². The smallest absolute Gasteiger partial charge is 0.293 e. The van der Waals surface area contributed by atoms with Gasteiger partial charge in [-0.05, 0) is 12.1 Å². The highest BCUT2D eigenvalue weighted by atomic mass is 79.9. The van der Waals surface area contributed by atoms with Gasteiger partial charge >= 0.3 is 6.18 Å². The van der Waals surface area contributed by atoms with E-state index in [9.17, 15) is 18.0 Å². The second-order valence-electron chi connectivity index (χ2n) is 2.48. The van der Waals surface area contributed by atoms with Crippen molar-refractivity contribution in [3.8, 4) is 0 Å². The summed E-state index contributed by atoms with van der Waals surface area (Å²) in [6, 6.07) is 1.99. The van der Waals surface area contributed by atoms with Gasteiger partial charge in [0.15, 0.2) is 5.78 Å². The van der Waals surface area contributed by atoms with Gasteiger partial charge in [-0.2, -0.15) is 13.2 Å². The van der Waals surface area contributed by atoms with Gasteiger partial charge in [0.2, 0.25) is 0 Å². The van der Waals surface area contributed by atoms with Gasteiger partial charge in [0, 0.05) is 11.8 Å². The number of Topliss-reactive ketones (excluding diaryl/α,β-unsaturated/α-hetero) is 1. The van der Waals surface area contributed by atoms with Crippen molar-refractivity contribution in [2.24, 2.45) is 0 Å². The number of carbonyl (C=O) groups excluding carboxylic acids is 1. The number of halogens is 4. The molecule has 1 heterocycles. The van der Waals surface area contributed by atoms with E-state index in [1.165, 1.54) is 6.07 Å². The van der Waals surface area contributed by atoms with E-state index in [0.29, 0.717) is 0 Å². The lowest BCUT2D eigenvalue weighted by Gasteiger charge is -2.05. The number of hydrogen-bond donors (Lipinski definition) is 0. The van der Waals surface area contributed by atoms with Crippen LogP contribution in [-0.4, -0.2) is 16.1 Å². The number of carbonyl (C=O) groups is 1. The van der Waals surface area contributed by atoms with Gasteiger partial charge in [0.1, 0.15) is 5.69 Å². The van der Waals surface area contributed by atoms with E-state index in [0.717, 1.165) is 12.3 Å². The van der Waals surface area contributed by atoms with Crippen LogP contribution in [0.25, 0.3) is 0 Å². The zero-order valence-electron chi connectivity index (χ0n) is 6.81. The molecule has 0 radical (unpaired) electrons. The predicted octanol–water partition coefficient (Wildman–Crippen LogP) is 2.68. The third-order valence-electron chi connectivity index (χ3n) is 1.49. The van der Waals surface area contributed by atoms with E-state index in [2.05, 4.69) is 20.9 Å². The molecule has 0 fully saturated rings. The molecule has 0 aliphatic rings. The third-order valence-corrected chi connectivity index (χ3v) is 2.00.